The van der Waals surface area contributed by atoms with Gasteiger partial charge in [-0.15, -0.1) is 0 Å². The van der Waals surface area contributed by atoms with Crippen molar-refractivity contribution >= 4 is 0 Å². The lowest BCUT2D eigenvalue weighted by Crippen LogP contribution is -2.38. The lowest BCUT2D eigenvalue weighted by molar-refractivity contribution is 0.0769. The van der Waals surface area contributed by atoms with E-state index in [1.807, 2.05) is 134 Å². The molecule has 1 aliphatic heterocycles. The molecule has 2 atom stereocenters. The van der Waals surface area contributed by atoms with E-state index in [1.165, 1.54) is 0 Å². The SMILES string of the molecule is C1=CC2Oc3c(-c4ccc(-c5nc(-c6ccccc6)nc(-c6ccccc6)n5)cc4)ccc(-c4cc(-c5ccccn5)cc(-c5ccccn5)c4)c3OC2C=C1. The largest absolute Gasteiger partial charge is 0.478 e. The van der Waals surface area contributed by atoms with Gasteiger partial charge in [-0.25, -0.2) is 15.0 Å². The van der Waals surface area contributed by atoms with Gasteiger partial charge in [0.25, 0.3) is 0 Å². The molecule has 56 heavy (non-hydrogen) atoms. The van der Waals surface area contributed by atoms with Crippen LogP contribution in [-0.2, 0) is 0 Å². The smallest absolute Gasteiger partial charge is 0.170 e. The second-order valence-electron chi connectivity index (χ2n) is 13.6. The Hall–Kier alpha value is -7.51. The van der Waals surface area contributed by atoms with Gasteiger partial charge in [0.15, 0.2) is 41.2 Å². The number of rotatable bonds is 7. The third-order valence-corrected chi connectivity index (χ3v) is 9.98. The summed E-state index contributed by atoms with van der Waals surface area (Å²) in [6.45, 7) is 0. The molecule has 0 fully saturated rings. The van der Waals surface area contributed by atoms with Gasteiger partial charge in [-0.2, -0.15) is 0 Å². The number of nitrogens with zero attached hydrogens (tertiary/aromatic N) is 5. The quantitative estimate of drug-likeness (QED) is 0.162. The topological polar surface area (TPSA) is 82.9 Å². The second-order valence-corrected chi connectivity index (χ2v) is 13.6. The molecule has 0 saturated heterocycles. The van der Waals surface area contributed by atoms with E-state index in [0.717, 1.165) is 61.5 Å². The molecule has 0 radical (unpaired) electrons. The van der Waals surface area contributed by atoms with E-state index in [1.54, 1.807) is 0 Å². The van der Waals surface area contributed by atoms with Gasteiger partial charge in [0.2, 0.25) is 0 Å². The van der Waals surface area contributed by atoms with Gasteiger partial charge in [-0.05, 0) is 77.9 Å². The fourth-order valence-electron chi connectivity index (χ4n) is 7.18. The molecule has 8 aromatic rings. The number of hydrogen-bond acceptors (Lipinski definition) is 7. The Morgan fingerprint density at radius 3 is 1.23 bits per heavy atom. The van der Waals surface area contributed by atoms with Crippen molar-refractivity contribution in [2.24, 2.45) is 0 Å². The van der Waals surface area contributed by atoms with Crippen molar-refractivity contribution in [3.05, 3.63) is 188 Å². The Labute approximate surface area is 324 Å². The number of fused-ring (bicyclic) bond motifs is 2. The summed E-state index contributed by atoms with van der Waals surface area (Å²) in [6.07, 6.45) is 11.2. The van der Waals surface area contributed by atoms with Gasteiger partial charge in [-0.1, -0.05) is 109 Å². The molecule has 0 amide bonds. The fraction of sp³-hybridized carbons (Fsp3) is 0.0408. The van der Waals surface area contributed by atoms with Crippen LogP contribution in [0.1, 0.15) is 0 Å². The van der Waals surface area contributed by atoms with Crippen molar-refractivity contribution < 1.29 is 9.47 Å². The standard InChI is InChI=1S/C49H33N5O2/c1-3-13-33(14-4-1)47-52-48(34-15-5-2-6-16-34)54-49(53-47)35-23-21-32(22-24-35)39-25-26-40(46-45(39)55-43-19-7-8-20-44(43)56-46)36-29-37(41-17-9-11-27-50-41)31-38(30-36)42-18-10-12-28-51-42/h1-31,43-44H. The lowest BCUT2D eigenvalue weighted by Gasteiger charge is -2.34. The third kappa shape index (κ3) is 6.41. The third-order valence-electron chi connectivity index (χ3n) is 9.98. The molecule has 5 aromatic carbocycles. The normalized spacial score (nSPS) is 15.3. The molecule has 4 heterocycles. The lowest BCUT2D eigenvalue weighted by atomic mass is 9.92. The van der Waals surface area contributed by atoms with Crippen LogP contribution in [-0.4, -0.2) is 37.1 Å². The molecule has 0 saturated carbocycles. The molecule has 1 aliphatic carbocycles. The van der Waals surface area contributed by atoms with E-state index in [9.17, 15) is 0 Å². The number of hydrogen-bond donors (Lipinski definition) is 0. The van der Waals surface area contributed by atoms with Crippen molar-refractivity contribution in [1.29, 1.82) is 0 Å². The average Bonchev–Trinajstić information content (AvgIpc) is 3.29. The van der Waals surface area contributed by atoms with Crippen molar-refractivity contribution in [2.75, 3.05) is 0 Å². The first-order valence-electron chi connectivity index (χ1n) is 18.5. The highest BCUT2D eigenvalue weighted by atomic mass is 16.6. The minimum Gasteiger partial charge on any atom is -0.478 e. The molecule has 266 valence electrons. The molecular weight excluding hydrogens is 691 g/mol. The Bertz CT molecular complexity index is 2620. The van der Waals surface area contributed by atoms with Crippen molar-refractivity contribution in [3.63, 3.8) is 0 Å². The molecule has 2 aliphatic rings. The van der Waals surface area contributed by atoms with Gasteiger partial charge in [0.1, 0.15) is 0 Å². The maximum Gasteiger partial charge on any atom is 0.170 e. The van der Waals surface area contributed by atoms with Crippen molar-refractivity contribution in [3.8, 4) is 90.4 Å². The number of ether oxygens (including phenoxy) is 2. The average molecular weight is 724 g/mol. The fourth-order valence-corrected chi connectivity index (χ4v) is 7.18. The number of allylic oxidation sites excluding steroid dienone is 2. The first kappa shape index (κ1) is 33.1. The van der Waals surface area contributed by atoms with Gasteiger partial charge in [-0.3, -0.25) is 9.97 Å². The summed E-state index contributed by atoms with van der Waals surface area (Å²) in [6, 6.07) is 50.9. The molecule has 0 spiro atoms. The second kappa shape index (κ2) is 14.4. The minimum atomic E-state index is -0.264. The van der Waals surface area contributed by atoms with Gasteiger partial charge >= 0.3 is 0 Å². The summed E-state index contributed by atoms with van der Waals surface area (Å²) < 4.78 is 13.7. The van der Waals surface area contributed by atoms with Crippen LogP contribution in [0.25, 0.3) is 78.9 Å². The molecule has 7 heteroatoms. The molecule has 10 rings (SSSR count). The minimum absolute atomic E-state index is 0.261. The highest BCUT2D eigenvalue weighted by Gasteiger charge is 2.33. The molecular formula is C49H33N5O2. The van der Waals surface area contributed by atoms with E-state index in [4.69, 9.17) is 24.4 Å². The zero-order valence-corrected chi connectivity index (χ0v) is 30.1. The van der Waals surface area contributed by atoms with Crippen LogP contribution in [0.2, 0.25) is 0 Å². The van der Waals surface area contributed by atoms with Crippen LogP contribution in [0.4, 0.5) is 0 Å². The molecule has 2 unspecified atom stereocenters. The van der Waals surface area contributed by atoms with Gasteiger partial charge < -0.3 is 9.47 Å². The Kier molecular flexibility index (Phi) is 8.50. The summed E-state index contributed by atoms with van der Waals surface area (Å²) in [4.78, 5) is 24.1. The Morgan fingerprint density at radius 2 is 0.768 bits per heavy atom. The number of benzene rings is 5. The van der Waals surface area contributed by atoms with Crippen LogP contribution < -0.4 is 9.47 Å². The first-order valence-corrected chi connectivity index (χ1v) is 18.5. The highest BCUT2D eigenvalue weighted by Crippen LogP contribution is 2.50. The van der Waals surface area contributed by atoms with Crippen LogP contribution in [0.5, 0.6) is 11.5 Å². The zero-order chi connectivity index (χ0) is 37.3. The van der Waals surface area contributed by atoms with E-state index >= 15 is 0 Å². The molecule has 7 nitrogen and oxygen atoms in total. The van der Waals surface area contributed by atoms with E-state index < -0.39 is 0 Å². The predicted molar refractivity (Wildman–Crippen MR) is 221 cm³/mol. The van der Waals surface area contributed by atoms with Gasteiger partial charge in [0.05, 0.1) is 11.4 Å². The van der Waals surface area contributed by atoms with Crippen LogP contribution in [0, 0.1) is 0 Å². The summed E-state index contributed by atoms with van der Waals surface area (Å²) in [5.41, 5.74) is 10.2. The van der Waals surface area contributed by atoms with E-state index in [-0.39, 0.29) is 12.2 Å². The Morgan fingerprint density at radius 1 is 0.357 bits per heavy atom. The highest BCUT2D eigenvalue weighted by molar-refractivity contribution is 5.87. The first-order chi connectivity index (χ1) is 27.7. The van der Waals surface area contributed by atoms with Crippen LogP contribution in [0.3, 0.4) is 0 Å². The molecule has 0 N–H and O–H groups in total. The maximum absolute atomic E-state index is 6.86. The summed E-state index contributed by atoms with van der Waals surface area (Å²) in [5, 5.41) is 0. The van der Waals surface area contributed by atoms with Crippen LogP contribution in [0.15, 0.2) is 188 Å². The molecule has 0 bridgehead atoms. The van der Waals surface area contributed by atoms with Gasteiger partial charge in [0, 0.05) is 51.3 Å². The molecule has 3 aromatic heterocycles. The van der Waals surface area contributed by atoms with Crippen molar-refractivity contribution in [2.45, 2.75) is 12.2 Å². The maximum atomic E-state index is 6.86. The Balaban J connectivity index is 1.08. The zero-order valence-electron chi connectivity index (χ0n) is 30.1. The number of aromatic nitrogens is 5. The van der Waals surface area contributed by atoms with E-state index in [2.05, 4.69) is 64.6 Å². The number of pyridine rings is 2. The summed E-state index contributed by atoms with van der Waals surface area (Å²) >= 11 is 0. The summed E-state index contributed by atoms with van der Waals surface area (Å²) in [7, 11) is 0. The monoisotopic (exact) mass is 723 g/mol. The summed E-state index contributed by atoms with van der Waals surface area (Å²) in [5.74, 6) is 3.22. The van der Waals surface area contributed by atoms with Crippen molar-refractivity contribution in [1.82, 2.24) is 24.9 Å². The van der Waals surface area contributed by atoms with Crippen LogP contribution >= 0.6 is 0 Å². The van der Waals surface area contributed by atoms with E-state index in [0.29, 0.717) is 29.0 Å². The predicted octanol–water partition coefficient (Wildman–Crippen LogP) is 11.0.